The first-order valence-electron chi connectivity index (χ1n) is 10.8. The number of piperazine rings is 1. The number of hydrogen-bond donors (Lipinski definition) is 2. The Morgan fingerprint density at radius 3 is 2.61 bits per heavy atom. The highest BCUT2D eigenvalue weighted by molar-refractivity contribution is 6.31. The molecule has 0 bridgehead atoms. The lowest BCUT2D eigenvalue weighted by Gasteiger charge is -2.34. The number of carbonyl (C=O) groups excluding carboxylic acids is 1. The molecule has 0 aliphatic carbocycles. The van der Waals surface area contributed by atoms with Gasteiger partial charge in [-0.25, -0.2) is 9.97 Å². The van der Waals surface area contributed by atoms with Gasteiger partial charge in [0.15, 0.2) is 0 Å². The van der Waals surface area contributed by atoms with E-state index < -0.39 is 0 Å². The Morgan fingerprint density at radius 2 is 1.88 bits per heavy atom. The molecule has 1 aliphatic rings. The molecule has 1 amide bonds. The Balaban J connectivity index is 1.44. The molecule has 1 fully saturated rings. The second-order valence-electron chi connectivity index (χ2n) is 8.02. The van der Waals surface area contributed by atoms with E-state index in [2.05, 4.69) is 56.2 Å². The van der Waals surface area contributed by atoms with Gasteiger partial charge >= 0.3 is 0 Å². The van der Waals surface area contributed by atoms with E-state index in [0.717, 1.165) is 37.4 Å². The molecule has 2 heterocycles. The van der Waals surface area contributed by atoms with Gasteiger partial charge in [-0.2, -0.15) is 0 Å². The molecular weight excluding hydrogens is 436 g/mol. The summed E-state index contributed by atoms with van der Waals surface area (Å²) in [5.41, 5.74) is 4.50. The number of carbonyl (C=O) groups is 1. The van der Waals surface area contributed by atoms with Gasteiger partial charge in [0.05, 0.1) is 16.9 Å². The summed E-state index contributed by atoms with van der Waals surface area (Å²) in [4.78, 5) is 25.2. The normalized spacial score (nSPS) is 14.1. The lowest BCUT2D eigenvalue weighted by Crippen LogP contribution is -2.44. The molecule has 0 spiro atoms. The van der Waals surface area contributed by atoms with Gasteiger partial charge < -0.3 is 20.4 Å². The number of likely N-dealkylation sites (N-methyl/N-ethyl adjacent to an activating group) is 1. The third-order valence-electron chi connectivity index (χ3n) is 5.56. The number of benzene rings is 2. The Bertz CT molecular complexity index is 1130. The summed E-state index contributed by atoms with van der Waals surface area (Å²) in [6, 6.07) is 15.9. The molecule has 0 atom stereocenters. The van der Waals surface area contributed by atoms with Gasteiger partial charge in [0.25, 0.3) is 0 Å². The molecule has 3 aromatic rings. The highest BCUT2D eigenvalue weighted by Crippen LogP contribution is 2.23. The van der Waals surface area contributed by atoms with Crippen molar-refractivity contribution in [1.29, 1.82) is 0 Å². The number of halogens is 1. The molecule has 2 N–H and O–H groups in total. The van der Waals surface area contributed by atoms with Crippen LogP contribution in [-0.2, 0) is 11.2 Å². The van der Waals surface area contributed by atoms with Gasteiger partial charge in [0.1, 0.15) is 0 Å². The molecule has 0 saturated carbocycles. The lowest BCUT2D eigenvalue weighted by molar-refractivity contribution is -0.111. The molecule has 33 heavy (non-hydrogen) atoms. The van der Waals surface area contributed by atoms with E-state index in [1.165, 1.54) is 11.8 Å². The first kappa shape index (κ1) is 22.8. The number of aromatic nitrogens is 2. The van der Waals surface area contributed by atoms with Crippen LogP contribution < -0.4 is 15.5 Å². The number of amides is 1. The topological polar surface area (TPSA) is 73.4 Å². The SMILES string of the molecule is C=CC(=O)Nc1cccc(Cc2nc(Nc3ccc(N4CCN(C)CC4)cc3)ncc2Cl)c1. The van der Waals surface area contributed by atoms with Gasteiger partial charge in [-0.1, -0.05) is 30.3 Å². The lowest BCUT2D eigenvalue weighted by atomic mass is 10.1. The standard InChI is InChI=1S/C25H27ClN6O/c1-3-24(33)28-20-6-4-5-18(15-20)16-23-22(26)17-27-25(30-23)29-19-7-9-21(10-8-19)32-13-11-31(2)12-14-32/h3-10,15,17H,1,11-14,16H2,2H3,(H,28,33)(H,27,29,30). The minimum atomic E-state index is -0.252. The zero-order valence-corrected chi connectivity index (χ0v) is 19.3. The largest absolute Gasteiger partial charge is 0.369 e. The smallest absolute Gasteiger partial charge is 0.247 e. The van der Waals surface area contributed by atoms with Crippen LogP contribution in [0.1, 0.15) is 11.3 Å². The molecule has 170 valence electrons. The molecule has 0 radical (unpaired) electrons. The summed E-state index contributed by atoms with van der Waals surface area (Å²) < 4.78 is 0. The molecular formula is C25H27ClN6O. The zero-order valence-electron chi connectivity index (χ0n) is 18.6. The van der Waals surface area contributed by atoms with Crippen molar-refractivity contribution in [2.24, 2.45) is 0 Å². The zero-order chi connectivity index (χ0) is 23.2. The van der Waals surface area contributed by atoms with Crippen molar-refractivity contribution >= 4 is 40.5 Å². The van der Waals surface area contributed by atoms with Crippen molar-refractivity contribution in [2.45, 2.75) is 6.42 Å². The van der Waals surface area contributed by atoms with Crippen LogP contribution in [0, 0.1) is 0 Å². The average molecular weight is 463 g/mol. The molecule has 7 nitrogen and oxygen atoms in total. The molecule has 0 unspecified atom stereocenters. The van der Waals surface area contributed by atoms with Crippen LogP contribution >= 0.6 is 11.6 Å². The maximum atomic E-state index is 11.6. The van der Waals surface area contributed by atoms with Crippen molar-refractivity contribution in [3.05, 3.63) is 83.7 Å². The van der Waals surface area contributed by atoms with E-state index in [1.54, 1.807) is 6.20 Å². The molecule has 1 saturated heterocycles. The quantitative estimate of drug-likeness (QED) is 0.509. The van der Waals surface area contributed by atoms with Crippen molar-refractivity contribution in [1.82, 2.24) is 14.9 Å². The van der Waals surface area contributed by atoms with E-state index in [1.807, 2.05) is 36.4 Å². The van der Waals surface area contributed by atoms with Gasteiger partial charge in [-0.15, -0.1) is 0 Å². The maximum Gasteiger partial charge on any atom is 0.247 e. The number of hydrogen-bond acceptors (Lipinski definition) is 6. The molecule has 1 aromatic heterocycles. The highest BCUT2D eigenvalue weighted by atomic mass is 35.5. The van der Waals surface area contributed by atoms with Crippen LogP contribution in [0.3, 0.4) is 0 Å². The fourth-order valence-corrected chi connectivity index (χ4v) is 3.84. The number of rotatable bonds is 7. The van der Waals surface area contributed by atoms with Crippen molar-refractivity contribution in [2.75, 3.05) is 48.8 Å². The number of nitrogens with one attached hydrogen (secondary N) is 2. The van der Waals surface area contributed by atoms with E-state index in [9.17, 15) is 4.79 Å². The van der Waals surface area contributed by atoms with Gasteiger partial charge in [-0.3, -0.25) is 4.79 Å². The minimum absolute atomic E-state index is 0.252. The Hall–Kier alpha value is -3.42. The minimum Gasteiger partial charge on any atom is -0.369 e. The fourth-order valence-electron chi connectivity index (χ4n) is 3.68. The monoisotopic (exact) mass is 462 g/mol. The van der Waals surface area contributed by atoms with Crippen LogP contribution in [0.5, 0.6) is 0 Å². The Morgan fingerprint density at radius 1 is 1.12 bits per heavy atom. The average Bonchev–Trinajstić information content (AvgIpc) is 2.82. The third kappa shape index (κ3) is 6.09. The summed E-state index contributed by atoms with van der Waals surface area (Å²) in [6.07, 6.45) is 3.36. The van der Waals surface area contributed by atoms with E-state index in [0.29, 0.717) is 28.8 Å². The summed E-state index contributed by atoms with van der Waals surface area (Å²) >= 11 is 6.37. The first-order valence-corrected chi connectivity index (χ1v) is 11.2. The van der Waals surface area contributed by atoms with E-state index in [-0.39, 0.29) is 5.91 Å². The Kier molecular flexibility index (Phi) is 7.22. The molecule has 2 aromatic carbocycles. The third-order valence-corrected chi connectivity index (χ3v) is 5.88. The summed E-state index contributed by atoms with van der Waals surface area (Å²) in [5.74, 6) is 0.232. The van der Waals surface area contributed by atoms with Crippen molar-refractivity contribution in [3.63, 3.8) is 0 Å². The van der Waals surface area contributed by atoms with Crippen LogP contribution in [-0.4, -0.2) is 54.0 Å². The van der Waals surface area contributed by atoms with Gasteiger partial charge in [-0.05, 0) is 55.1 Å². The van der Waals surface area contributed by atoms with Crippen LogP contribution in [0.25, 0.3) is 0 Å². The predicted octanol–water partition coefficient (Wildman–Crippen LogP) is 4.34. The first-order chi connectivity index (χ1) is 16.0. The molecule has 8 heteroatoms. The highest BCUT2D eigenvalue weighted by Gasteiger charge is 2.14. The number of nitrogens with zero attached hydrogens (tertiary/aromatic N) is 4. The molecule has 4 rings (SSSR count). The summed E-state index contributed by atoms with van der Waals surface area (Å²) in [7, 11) is 2.15. The van der Waals surface area contributed by atoms with Gasteiger partial charge in [0.2, 0.25) is 11.9 Å². The number of anilines is 4. The van der Waals surface area contributed by atoms with E-state index >= 15 is 0 Å². The Labute approximate surface area is 199 Å². The van der Waals surface area contributed by atoms with Crippen LogP contribution in [0.2, 0.25) is 5.02 Å². The predicted molar refractivity (Wildman–Crippen MR) is 135 cm³/mol. The fraction of sp³-hybridized carbons (Fsp3) is 0.240. The second kappa shape index (κ2) is 10.5. The van der Waals surface area contributed by atoms with Crippen LogP contribution in [0.4, 0.5) is 23.0 Å². The van der Waals surface area contributed by atoms with Crippen molar-refractivity contribution in [3.8, 4) is 0 Å². The second-order valence-corrected chi connectivity index (χ2v) is 8.43. The van der Waals surface area contributed by atoms with Gasteiger partial charge in [0, 0.05) is 49.7 Å². The van der Waals surface area contributed by atoms with Crippen LogP contribution in [0.15, 0.2) is 67.4 Å². The molecule has 1 aliphatic heterocycles. The summed E-state index contributed by atoms with van der Waals surface area (Å²) in [5, 5.41) is 6.52. The summed E-state index contributed by atoms with van der Waals surface area (Å²) in [6.45, 7) is 7.69. The van der Waals surface area contributed by atoms with Crippen molar-refractivity contribution < 1.29 is 4.79 Å². The maximum absolute atomic E-state index is 11.6. The van der Waals surface area contributed by atoms with E-state index in [4.69, 9.17) is 11.6 Å².